The van der Waals surface area contributed by atoms with Crippen LogP contribution in [-0.2, 0) is 16.0 Å². The van der Waals surface area contributed by atoms with Crippen molar-refractivity contribution in [1.82, 2.24) is 0 Å². The molecular weight excluding hydrogens is 370 g/mol. The Labute approximate surface area is 169 Å². The van der Waals surface area contributed by atoms with Gasteiger partial charge in [0.1, 0.15) is 0 Å². The second-order valence-electron chi connectivity index (χ2n) is 7.41. The van der Waals surface area contributed by atoms with E-state index in [2.05, 4.69) is 5.32 Å². The highest BCUT2D eigenvalue weighted by molar-refractivity contribution is 6.01. The monoisotopic (exact) mass is 395 g/mol. The molecule has 0 aliphatic carbocycles. The van der Waals surface area contributed by atoms with Gasteiger partial charge in [-0.1, -0.05) is 29.8 Å². The van der Waals surface area contributed by atoms with E-state index in [0.29, 0.717) is 25.9 Å². The largest absolute Gasteiger partial charge is 0.478 e. The molecule has 0 radical (unpaired) electrons. The molecule has 1 saturated heterocycles. The highest BCUT2D eigenvalue weighted by atomic mass is 16.4. The number of nitrogens with zero attached hydrogens (tertiary/aromatic N) is 1. The number of benzene rings is 2. The lowest BCUT2D eigenvalue weighted by Gasteiger charge is -2.32. The Hall–Kier alpha value is -3.35. The Morgan fingerprint density at radius 2 is 1.76 bits per heavy atom. The topological polar surface area (TPSA) is 113 Å². The lowest BCUT2D eigenvalue weighted by molar-refractivity contribution is -0.122. The number of hydrogen-bond acceptors (Lipinski definition) is 4. The molecule has 2 aromatic rings. The smallest absolute Gasteiger partial charge is 0.337 e. The third-order valence-corrected chi connectivity index (χ3v) is 5.26. The molecule has 1 aliphatic heterocycles. The highest BCUT2D eigenvalue weighted by Crippen LogP contribution is 2.27. The molecule has 7 heteroatoms. The van der Waals surface area contributed by atoms with Gasteiger partial charge in [0.25, 0.3) is 0 Å². The number of carbonyl (C=O) groups excluding carboxylic acids is 2. The van der Waals surface area contributed by atoms with Gasteiger partial charge in [0.15, 0.2) is 0 Å². The van der Waals surface area contributed by atoms with Gasteiger partial charge in [-0.2, -0.15) is 0 Å². The van der Waals surface area contributed by atoms with Gasteiger partial charge >= 0.3 is 5.97 Å². The normalized spacial score (nSPS) is 14.4. The standard InChI is InChI=1S/C22H25N3O4/c1-14-2-4-15(5-3-14)12-20(26)24-19-7-6-17(13-18(19)22(28)29)25-10-8-16(9-11-25)21(23)27/h2-7,13,16H,8-12H2,1H3,(H2,23,27)(H,24,26)(H,28,29). The number of primary amides is 1. The van der Waals surface area contributed by atoms with Gasteiger partial charge in [-0.3, -0.25) is 9.59 Å². The van der Waals surface area contributed by atoms with E-state index >= 15 is 0 Å². The van der Waals surface area contributed by atoms with Crippen molar-refractivity contribution < 1.29 is 19.5 Å². The Morgan fingerprint density at radius 1 is 1.10 bits per heavy atom. The van der Waals surface area contributed by atoms with Crippen molar-refractivity contribution in [2.75, 3.05) is 23.3 Å². The van der Waals surface area contributed by atoms with Crippen LogP contribution in [0.25, 0.3) is 0 Å². The number of carbonyl (C=O) groups is 3. The molecule has 152 valence electrons. The highest BCUT2D eigenvalue weighted by Gasteiger charge is 2.24. The summed E-state index contributed by atoms with van der Waals surface area (Å²) in [6, 6.07) is 12.6. The van der Waals surface area contributed by atoms with Crippen LogP contribution >= 0.6 is 0 Å². The van der Waals surface area contributed by atoms with Crippen molar-refractivity contribution in [2.45, 2.75) is 26.2 Å². The maximum Gasteiger partial charge on any atom is 0.337 e. The van der Waals surface area contributed by atoms with Gasteiger partial charge < -0.3 is 21.1 Å². The zero-order chi connectivity index (χ0) is 21.0. The number of nitrogens with two attached hydrogens (primary N) is 1. The maximum atomic E-state index is 12.4. The third kappa shape index (κ3) is 5.13. The molecule has 0 bridgehead atoms. The first-order chi connectivity index (χ1) is 13.8. The van der Waals surface area contributed by atoms with E-state index in [9.17, 15) is 19.5 Å². The lowest BCUT2D eigenvalue weighted by Crippen LogP contribution is -2.38. The van der Waals surface area contributed by atoms with E-state index in [1.165, 1.54) is 0 Å². The van der Waals surface area contributed by atoms with Crippen molar-refractivity contribution in [2.24, 2.45) is 11.7 Å². The number of hydrogen-bond donors (Lipinski definition) is 3. The molecule has 1 aliphatic rings. The Kier molecular flexibility index (Phi) is 6.16. The average molecular weight is 395 g/mol. The number of carboxylic acid groups (broad SMARTS) is 1. The summed E-state index contributed by atoms with van der Waals surface area (Å²) < 4.78 is 0. The zero-order valence-electron chi connectivity index (χ0n) is 16.4. The molecule has 3 rings (SSSR count). The van der Waals surface area contributed by atoms with E-state index in [1.807, 2.05) is 36.1 Å². The van der Waals surface area contributed by atoms with Gasteiger partial charge in [0, 0.05) is 24.7 Å². The van der Waals surface area contributed by atoms with Gasteiger partial charge in [-0.05, 0) is 43.5 Å². The molecular formula is C22H25N3O4. The second kappa shape index (κ2) is 8.77. The summed E-state index contributed by atoms with van der Waals surface area (Å²) in [5.74, 6) is -1.80. The van der Waals surface area contributed by atoms with Gasteiger partial charge in [0.2, 0.25) is 11.8 Å². The number of aromatic carboxylic acids is 1. The van der Waals surface area contributed by atoms with Gasteiger partial charge in [0.05, 0.1) is 17.7 Å². The third-order valence-electron chi connectivity index (χ3n) is 5.26. The molecule has 0 aromatic heterocycles. The number of amides is 2. The van der Waals surface area contributed by atoms with Crippen molar-refractivity contribution in [3.05, 3.63) is 59.2 Å². The number of aryl methyl sites for hydroxylation is 1. The summed E-state index contributed by atoms with van der Waals surface area (Å²) in [4.78, 5) is 37.5. The van der Waals surface area contributed by atoms with E-state index in [1.54, 1.807) is 18.2 Å². The van der Waals surface area contributed by atoms with Gasteiger partial charge in [-0.15, -0.1) is 0 Å². The molecule has 2 aromatic carbocycles. The zero-order valence-corrected chi connectivity index (χ0v) is 16.4. The molecule has 4 N–H and O–H groups in total. The van der Waals surface area contributed by atoms with Crippen molar-refractivity contribution in [3.63, 3.8) is 0 Å². The quantitative estimate of drug-likeness (QED) is 0.696. The predicted molar refractivity (Wildman–Crippen MR) is 111 cm³/mol. The van der Waals surface area contributed by atoms with Crippen molar-refractivity contribution in [1.29, 1.82) is 0 Å². The van der Waals surface area contributed by atoms with Crippen LogP contribution in [0.15, 0.2) is 42.5 Å². The molecule has 1 fully saturated rings. The molecule has 2 amide bonds. The number of rotatable bonds is 6. The number of carboxylic acids is 1. The predicted octanol–water partition coefficient (Wildman–Crippen LogP) is 2.58. The first-order valence-electron chi connectivity index (χ1n) is 9.60. The summed E-state index contributed by atoms with van der Waals surface area (Å²) >= 11 is 0. The Bertz CT molecular complexity index is 916. The van der Waals surface area contributed by atoms with Crippen LogP contribution in [0.1, 0.15) is 34.3 Å². The summed E-state index contributed by atoms with van der Waals surface area (Å²) in [5.41, 5.74) is 8.40. The molecule has 7 nitrogen and oxygen atoms in total. The number of nitrogens with one attached hydrogen (secondary N) is 1. The van der Waals surface area contributed by atoms with E-state index < -0.39 is 5.97 Å². The summed E-state index contributed by atoms with van der Waals surface area (Å²) in [7, 11) is 0. The van der Waals surface area contributed by atoms with Crippen LogP contribution in [0.4, 0.5) is 11.4 Å². The Morgan fingerprint density at radius 3 is 2.34 bits per heavy atom. The minimum absolute atomic E-state index is 0.0387. The lowest BCUT2D eigenvalue weighted by atomic mass is 9.95. The van der Waals surface area contributed by atoms with Crippen molar-refractivity contribution in [3.8, 4) is 0 Å². The molecule has 29 heavy (non-hydrogen) atoms. The minimum Gasteiger partial charge on any atom is -0.478 e. The average Bonchev–Trinajstić information content (AvgIpc) is 2.70. The minimum atomic E-state index is -1.11. The fourth-order valence-electron chi connectivity index (χ4n) is 3.52. The van der Waals surface area contributed by atoms with Gasteiger partial charge in [-0.25, -0.2) is 4.79 Å². The first-order valence-corrected chi connectivity index (χ1v) is 9.60. The van der Waals surface area contributed by atoms with Crippen LogP contribution < -0.4 is 16.0 Å². The van der Waals surface area contributed by atoms with Crippen LogP contribution in [0.2, 0.25) is 0 Å². The molecule has 0 unspecified atom stereocenters. The first kappa shape index (κ1) is 20.4. The van der Waals surface area contributed by atoms with E-state index in [4.69, 9.17) is 5.73 Å². The van der Waals surface area contributed by atoms with Crippen LogP contribution in [0, 0.1) is 12.8 Å². The van der Waals surface area contributed by atoms with E-state index in [0.717, 1.165) is 16.8 Å². The van der Waals surface area contributed by atoms with Crippen LogP contribution in [0.3, 0.4) is 0 Å². The fourth-order valence-corrected chi connectivity index (χ4v) is 3.52. The molecule has 0 atom stereocenters. The maximum absolute atomic E-state index is 12.4. The molecule has 0 spiro atoms. The summed E-state index contributed by atoms with van der Waals surface area (Å²) in [5, 5.41) is 12.3. The summed E-state index contributed by atoms with van der Waals surface area (Å²) in [6.45, 7) is 3.23. The molecule has 0 saturated carbocycles. The number of piperidine rings is 1. The fraction of sp³-hybridized carbons (Fsp3) is 0.318. The van der Waals surface area contributed by atoms with Crippen molar-refractivity contribution >= 4 is 29.2 Å². The Balaban J connectivity index is 1.71. The second-order valence-corrected chi connectivity index (χ2v) is 7.41. The number of anilines is 2. The van der Waals surface area contributed by atoms with E-state index in [-0.39, 0.29) is 35.4 Å². The molecule has 1 heterocycles. The van der Waals surface area contributed by atoms with Crippen LogP contribution in [0.5, 0.6) is 0 Å². The SMILES string of the molecule is Cc1ccc(CC(=O)Nc2ccc(N3CCC(C(N)=O)CC3)cc2C(=O)O)cc1. The van der Waals surface area contributed by atoms with Crippen LogP contribution in [-0.4, -0.2) is 36.0 Å². The summed E-state index contributed by atoms with van der Waals surface area (Å²) in [6.07, 6.45) is 1.46.